The third-order valence-corrected chi connectivity index (χ3v) is 6.82. The maximum absolute atomic E-state index is 13.2. The summed E-state index contributed by atoms with van der Waals surface area (Å²) in [6.07, 6.45) is -5.08. The second-order valence-electron chi connectivity index (χ2n) is 9.70. The molecule has 0 aliphatic carbocycles. The highest BCUT2D eigenvalue weighted by atomic mass is 19.4. The lowest BCUT2D eigenvalue weighted by Gasteiger charge is -2.24. The fourth-order valence-corrected chi connectivity index (χ4v) is 4.83. The molecule has 0 saturated heterocycles. The number of nitrogens with one attached hydrogen (secondary N) is 1. The van der Waals surface area contributed by atoms with Gasteiger partial charge in [0.25, 0.3) is 0 Å². The summed E-state index contributed by atoms with van der Waals surface area (Å²) in [5.74, 6) is -3.22. The molecule has 0 saturated carbocycles. The first kappa shape index (κ1) is 29.2. The van der Waals surface area contributed by atoms with Gasteiger partial charge >= 0.3 is 18.1 Å². The minimum absolute atomic E-state index is 0.0868. The van der Waals surface area contributed by atoms with Crippen LogP contribution >= 0.6 is 0 Å². The van der Waals surface area contributed by atoms with Crippen LogP contribution in [0, 0.1) is 6.92 Å². The van der Waals surface area contributed by atoms with Gasteiger partial charge in [0.15, 0.2) is 5.43 Å². The van der Waals surface area contributed by atoms with E-state index >= 15 is 0 Å². The van der Waals surface area contributed by atoms with E-state index in [1.807, 2.05) is 38.1 Å². The zero-order valence-electron chi connectivity index (χ0n) is 22.3. The van der Waals surface area contributed by atoms with Crippen molar-refractivity contribution in [1.82, 2.24) is 0 Å². The molecule has 0 amide bonds. The van der Waals surface area contributed by atoms with Gasteiger partial charge < -0.3 is 24.8 Å². The number of aryl methyl sites for hydroxylation is 1. The van der Waals surface area contributed by atoms with Gasteiger partial charge in [-0.1, -0.05) is 42.5 Å². The van der Waals surface area contributed by atoms with Crippen molar-refractivity contribution >= 4 is 34.5 Å². The van der Waals surface area contributed by atoms with Crippen LogP contribution in [0.3, 0.4) is 0 Å². The monoisotopic (exact) mass is 568 g/mol. The van der Waals surface area contributed by atoms with E-state index < -0.39 is 18.1 Å². The molecular weight excluding hydrogens is 541 g/mol. The van der Waals surface area contributed by atoms with Crippen LogP contribution in [0.4, 0.5) is 24.7 Å². The number of aliphatic carboxylic acids is 1. The number of hydrogen-bond acceptors (Lipinski definition) is 6. The molecular formula is C30H27F3N2O6. The van der Waals surface area contributed by atoms with Crippen molar-refractivity contribution < 1.29 is 37.4 Å². The number of carboxylic acids is 2. The number of aromatic carboxylic acids is 1. The van der Waals surface area contributed by atoms with Crippen molar-refractivity contribution in [3.05, 3.63) is 105 Å². The molecule has 0 radical (unpaired) electrons. The molecule has 3 N–H and O–H groups in total. The summed E-state index contributed by atoms with van der Waals surface area (Å²) in [4.78, 5) is 35.8. The number of alkyl halides is 3. The Balaban J connectivity index is 0.000000493. The quantitative estimate of drug-likeness (QED) is 0.244. The summed E-state index contributed by atoms with van der Waals surface area (Å²) in [5.41, 5.74) is 5.32. The Hall–Kier alpha value is -4.80. The van der Waals surface area contributed by atoms with Crippen LogP contribution in [0.5, 0.6) is 0 Å². The third-order valence-electron chi connectivity index (χ3n) is 6.82. The van der Waals surface area contributed by atoms with E-state index in [9.17, 15) is 27.9 Å². The first-order valence-electron chi connectivity index (χ1n) is 12.6. The number of hydrogen-bond donors (Lipinski definition) is 3. The molecule has 0 spiro atoms. The predicted molar refractivity (Wildman–Crippen MR) is 147 cm³/mol. The molecule has 2 heterocycles. The molecule has 1 unspecified atom stereocenters. The van der Waals surface area contributed by atoms with Crippen molar-refractivity contribution in [2.45, 2.75) is 45.6 Å². The summed E-state index contributed by atoms with van der Waals surface area (Å²) in [5, 5.41) is 20.5. The highest BCUT2D eigenvalue weighted by Gasteiger charge is 2.38. The van der Waals surface area contributed by atoms with Gasteiger partial charge in [0.05, 0.1) is 23.0 Å². The predicted octanol–water partition coefficient (Wildman–Crippen LogP) is 6.69. The van der Waals surface area contributed by atoms with Gasteiger partial charge in [-0.25, -0.2) is 9.59 Å². The van der Waals surface area contributed by atoms with Crippen molar-refractivity contribution in [3.63, 3.8) is 0 Å². The van der Waals surface area contributed by atoms with E-state index in [2.05, 4.69) is 29.3 Å². The van der Waals surface area contributed by atoms with Crippen LogP contribution in [0.15, 0.2) is 75.9 Å². The first-order valence-corrected chi connectivity index (χ1v) is 12.6. The van der Waals surface area contributed by atoms with Gasteiger partial charge in [-0.15, -0.1) is 0 Å². The fourth-order valence-electron chi connectivity index (χ4n) is 4.83. The van der Waals surface area contributed by atoms with Crippen LogP contribution in [0.2, 0.25) is 0 Å². The van der Waals surface area contributed by atoms with Gasteiger partial charge in [0.1, 0.15) is 5.58 Å². The molecule has 11 heteroatoms. The van der Waals surface area contributed by atoms with Crippen LogP contribution in [0.1, 0.15) is 58.5 Å². The average molecular weight is 569 g/mol. The van der Waals surface area contributed by atoms with Gasteiger partial charge in [0, 0.05) is 23.9 Å². The molecule has 3 aromatic carbocycles. The standard InChI is InChI=1S/C28H26N2O4.C2HF3O2/c1-16-12-22(17(2)29-24-11-7-6-10-21(24)28(32)33)27-23(13-16)25(31)14-26(34-27)30-15-19-8-4-5-9-20(19)18(30)3;3-2(4,5)1(6)7/h4-14,17-18,29H,15H2,1-3H3,(H,32,33);(H,6,7)/t17?,18-;/m1./s1. The number of carbonyl (C=O) groups is 2. The molecule has 0 bridgehead atoms. The van der Waals surface area contributed by atoms with E-state index in [-0.39, 0.29) is 23.1 Å². The van der Waals surface area contributed by atoms with Crippen molar-refractivity contribution in [1.29, 1.82) is 0 Å². The van der Waals surface area contributed by atoms with Gasteiger partial charge in [-0.2, -0.15) is 13.2 Å². The van der Waals surface area contributed by atoms with E-state index in [1.165, 1.54) is 11.1 Å². The van der Waals surface area contributed by atoms with E-state index in [0.29, 0.717) is 29.1 Å². The number of fused-ring (bicyclic) bond motifs is 2. The van der Waals surface area contributed by atoms with E-state index in [0.717, 1.165) is 11.1 Å². The smallest absolute Gasteiger partial charge is 0.478 e. The number of nitrogens with zero attached hydrogens (tertiary/aromatic N) is 1. The largest absolute Gasteiger partial charge is 0.490 e. The summed E-state index contributed by atoms with van der Waals surface area (Å²) in [7, 11) is 0. The number of rotatable bonds is 5. The number of para-hydroxylation sites is 1. The maximum Gasteiger partial charge on any atom is 0.490 e. The summed E-state index contributed by atoms with van der Waals surface area (Å²) >= 11 is 0. The molecule has 5 rings (SSSR count). The summed E-state index contributed by atoms with van der Waals surface area (Å²) in [6.45, 7) is 6.66. The Morgan fingerprint density at radius 1 is 1.05 bits per heavy atom. The molecule has 214 valence electrons. The lowest BCUT2D eigenvalue weighted by atomic mass is 10.0. The van der Waals surface area contributed by atoms with Crippen LogP contribution in [-0.4, -0.2) is 28.3 Å². The van der Waals surface area contributed by atoms with Gasteiger partial charge in [0.2, 0.25) is 5.88 Å². The zero-order chi connectivity index (χ0) is 30.1. The molecule has 0 fully saturated rings. The highest BCUT2D eigenvalue weighted by molar-refractivity contribution is 5.94. The lowest BCUT2D eigenvalue weighted by Crippen LogP contribution is -2.21. The van der Waals surface area contributed by atoms with Crippen LogP contribution < -0.4 is 15.6 Å². The fraction of sp³-hybridized carbons (Fsp3) is 0.233. The molecule has 1 aliphatic rings. The summed E-state index contributed by atoms with van der Waals surface area (Å²) in [6, 6.07) is 20.2. The topological polar surface area (TPSA) is 120 Å². The number of carboxylic acid groups (broad SMARTS) is 2. The normalized spacial score (nSPS) is 15.1. The molecule has 1 aromatic heterocycles. The molecule has 8 nitrogen and oxygen atoms in total. The van der Waals surface area contributed by atoms with Crippen LogP contribution in [0.25, 0.3) is 11.0 Å². The van der Waals surface area contributed by atoms with Gasteiger partial charge in [-0.3, -0.25) is 4.79 Å². The molecule has 2 atom stereocenters. The number of benzene rings is 3. The van der Waals surface area contributed by atoms with Crippen LogP contribution in [-0.2, 0) is 11.3 Å². The van der Waals surface area contributed by atoms with Crippen molar-refractivity contribution in [2.24, 2.45) is 0 Å². The minimum atomic E-state index is -5.08. The van der Waals surface area contributed by atoms with E-state index in [4.69, 9.17) is 14.3 Å². The lowest BCUT2D eigenvalue weighted by molar-refractivity contribution is -0.192. The molecule has 4 aromatic rings. The second kappa shape index (κ2) is 11.4. The number of halogens is 3. The van der Waals surface area contributed by atoms with Crippen molar-refractivity contribution in [2.75, 3.05) is 10.2 Å². The average Bonchev–Trinajstić information content (AvgIpc) is 3.25. The summed E-state index contributed by atoms with van der Waals surface area (Å²) < 4.78 is 38.2. The first-order chi connectivity index (χ1) is 19.3. The SMILES string of the molecule is Cc1cc(C(C)Nc2ccccc2C(=O)O)c2oc(N3Cc4ccccc4[C@H]3C)cc(=O)c2c1.O=C(O)C(F)(F)F. The number of anilines is 2. The third kappa shape index (κ3) is 6.19. The molecule has 41 heavy (non-hydrogen) atoms. The maximum atomic E-state index is 13.2. The Labute approximate surface area is 232 Å². The Morgan fingerprint density at radius 3 is 2.32 bits per heavy atom. The Morgan fingerprint density at radius 2 is 1.68 bits per heavy atom. The van der Waals surface area contributed by atoms with Gasteiger partial charge in [-0.05, 0) is 55.7 Å². The Bertz CT molecular complexity index is 1680. The highest BCUT2D eigenvalue weighted by Crippen LogP contribution is 2.38. The molecule has 1 aliphatic heterocycles. The van der Waals surface area contributed by atoms with E-state index in [1.54, 1.807) is 30.3 Å². The minimum Gasteiger partial charge on any atom is -0.478 e. The second-order valence-corrected chi connectivity index (χ2v) is 9.70. The van der Waals surface area contributed by atoms with Crippen molar-refractivity contribution in [3.8, 4) is 0 Å². The zero-order valence-corrected chi connectivity index (χ0v) is 22.3. The Kier molecular flexibility index (Phi) is 8.09.